The van der Waals surface area contributed by atoms with Crippen LogP contribution in [0.3, 0.4) is 0 Å². The molecule has 13 nitrogen and oxygen atoms in total. The second-order valence-corrected chi connectivity index (χ2v) is 10.8. The summed E-state index contributed by atoms with van der Waals surface area (Å²) in [7, 11) is 0. The van der Waals surface area contributed by atoms with Crippen LogP contribution in [-0.4, -0.2) is 82.4 Å². The largest absolute Gasteiger partial charge is 0.492 e. The molecule has 1 aliphatic heterocycles. The van der Waals surface area contributed by atoms with Gasteiger partial charge in [0.25, 0.3) is 0 Å². The molecule has 0 saturated carbocycles. The number of furan rings is 1. The molecular weight excluding hydrogens is 565 g/mol. The molecule has 15 heteroatoms. The molecule has 1 aliphatic rings. The molecule has 5 N–H and O–H groups in total. The van der Waals surface area contributed by atoms with Crippen LogP contribution in [0.2, 0.25) is 0 Å². The molecule has 1 amide bonds. The van der Waals surface area contributed by atoms with Crippen molar-refractivity contribution in [3.8, 4) is 17.2 Å². The highest BCUT2D eigenvalue weighted by Gasteiger charge is 2.22. The van der Waals surface area contributed by atoms with Gasteiger partial charge in [-0.2, -0.15) is 14.6 Å². The maximum atomic E-state index is 14.9. The first-order chi connectivity index (χ1) is 20.4. The lowest BCUT2D eigenvalue weighted by molar-refractivity contribution is -0.117. The Balaban J connectivity index is 1.07. The number of piperazine rings is 1. The van der Waals surface area contributed by atoms with Crippen LogP contribution in [0.5, 0.6) is 5.75 Å². The maximum absolute atomic E-state index is 14.9. The van der Waals surface area contributed by atoms with Crippen LogP contribution in [-0.2, 0) is 11.3 Å². The van der Waals surface area contributed by atoms with E-state index in [1.165, 1.54) is 10.6 Å². The zero-order valence-corrected chi connectivity index (χ0v) is 23.5. The Bertz CT molecular complexity index is 1770. The van der Waals surface area contributed by atoms with Crippen LogP contribution in [0.1, 0.15) is 0 Å². The van der Waals surface area contributed by atoms with E-state index in [0.717, 1.165) is 24.4 Å². The van der Waals surface area contributed by atoms with Crippen molar-refractivity contribution in [2.75, 3.05) is 63.1 Å². The van der Waals surface area contributed by atoms with Gasteiger partial charge in [-0.15, -0.1) is 0 Å². The van der Waals surface area contributed by atoms with Crippen molar-refractivity contribution in [1.82, 2.24) is 29.4 Å². The SMILES string of the molecule is NC(=O)CNCCOc1ccc(N2CCN(CCn3c(=O)sc4c3nc(N)n3nc(-c5ccco5)cc43)CC2)c(F)c1. The highest BCUT2D eigenvalue weighted by Crippen LogP contribution is 2.29. The number of benzene rings is 1. The molecule has 0 radical (unpaired) electrons. The third-order valence-corrected chi connectivity index (χ3v) is 8.13. The van der Waals surface area contributed by atoms with Crippen LogP contribution >= 0.6 is 11.3 Å². The van der Waals surface area contributed by atoms with Crippen LogP contribution in [0.4, 0.5) is 16.0 Å². The van der Waals surface area contributed by atoms with Gasteiger partial charge in [-0.05, 0) is 30.3 Å². The molecule has 0 aliphatic carbocycles. The Labute approximate surface area is 243 Å². The summed E-state index contributed by atoms with van der Waals surface area (Å²) in [6.45, 7) is 4.59. The summed E-state index contributed by atoms with van der Waals surface area (Å²) in [6.07, 6.45) is 1.57. The number of halogens is 1. The molecule has 0 unspecified atom stereocenters. The molecule has 0 atom stereocenters. The quantitative estimate of drug-likeness (QED) is 0.190. The molecule has 4 aromatic heterocycles. The number of thiazole rings is 1. The molecule has 1 fully saturated rings. The Morgan fingerprint density at radius 2 is 2.00 bits per heavy atom. The predicted molar refractivity (Wildman–Crippen MR) is 157 cm³/mol. The minimum absolute atomic E-state index is 0.0672. The van der Waals surface area contributed by atoms with Gasteiger partial charge in [0.15, 0.2) is 11.4 Å². The normalized spacial score (nSPS) is 14.3. The van der Waals surface area contributed by atoms with Crippen molar-refractivity contribution in [3.63, 3.8) is 0 Å². The van der Waals surface area contributed by atoms with Crippen LogP contribution < -0.4 is 31.3 Å². The number of nitrogens with two attached hydrogens (primary N) is 2. The molecular formula is C27H30FN9O4S. The molecule has 5 aromatic rings. The number of rotatable bonds is 11. The van der Waals surface area contributed by atoms with Gasteiger partial charge in [0.1, 0.15) is 28.6 Å². The molecule has 5 heterocycles. The second kappa shape index (κ2) is 11.8. The highest BCUT2D eigenvalue weighted by atomic mass is 32.1. The van der Waals surface area contributed by atoms with E-state index in [1.807, 2.05) is 17.0 Å². The summed E-state index contributed by atoms with van der Waals surface area (Å²) in [5.74, 6) is 0.413. The van der Waals surface area contributed by atoms with E-state index < -0.39 is 5.91 Å². The predicted octanol–water partition coefficient (Wildman–Crippen LogP) is 1.36. The van der Waals surface area contributed by atoms with Gasteiger partial charge in [0, 0.05) is 51.9 Å². The number of nitrogens with zero attached hydrogens (tertiary/aromatic N) is 6. The number of nitrogens with one attached hydrogen (secondary N) is 1. The summed E-state index contributed by atoms with van der Waals surface area (Å²) >= 11 is 1.12. The van der Waals surface area contributed by atoms with Gasteiger partial charge in [0.05, 0.1) is 24.0 Å². The van der Waals surface area contributed by atoms with E-state index in [2.05, 4.69) is 20.3 Å². The fraction of sp³-hybridized carbons (Fsp3) is 0.333. The standard InChI is InChI=1S/C27H30FN9O4S/c28-18-14-17(40-13-5-31-16-23(29)38)3-4-20(18)35-9-6-34(7-10-35)8-11-36-25-24(42-27(36)39)21-15-19(22-2-1-12-41-22)33-37(21)26(30)32-25/h1-4,12,14-15,31H,5-11,13,16H2,(H2,29,38)(H2,30,32). The Morgan fingerprint density at radius 1 is 1.17 bits per heavy atom. The van der Waals surface area contributed by atoms with Gasteiger partial charge in [-0.3, -0.25) is 19.1 Å². The van der Waals surface area contributed by atoms with Crippen molar-refractivity contribution >= 4 is 44.7 Å². The molecule has 6 rings (SSSR count). The molecule has 0 bridgehead atoms. The van der Waals surface area contributed by atoms with E-state index in [1.54, 1.807) is 29.0 Å². The van der Waals surface area contributed by atoms with E-state index in [4.69, 9.17) is 20.6 Å². The number of carbonyl (C=O) groups excluding carboxylic acids is 1. The van der Waals surface area contributed by atoms with Gasteiger partial charge in [-0.25, -0.2) is 4.39 Å². The van der Waals surface area contributed by atoms with Crippen molar-refractivity contribution in [2.45, 2.75) is 6.54 Å². The average molecular weight is 596 g/mol. The Morgan fingerprint density at radius 3 is 2.74 bits per heavy atom. The topological polar surface area (TPSA) is 162 Å². The van der Waals surface area contributed by atoms with Crippen LogP contribution in [0.15, 0.2) is 51.9 Å². The van der Waals surface area contributed by atoms with Crippen LogP contribution in [0.25, 0.3) is 27.3 Å². The molecule has 1 saturated heterocycles. The smallest absolute Gasteiger partial charge is 0.309 e. The van der Waals surface area contributed by atoms with Crippen molar-refractivity contribution in [3.05, 3.63) is 58.1 Å². The first-order valence-corrected chi connectivity index (χ1v) is 14.3. The third-order valence-electron chi connectivity index (χ3n) is 7.14. The van der Waals surface area contributed by atoms with E-state index in [0.29, 0.717) is 71.5 Å². The first kappa shape index (κ1) is 27.7. The summed E-state index contributed by atoms with van der Waals surface area (Å²) < 4.78 is 29.8. The van der Waals surface area contributed by atoms with Gasteiger partial charge in [0.2, 0.25) is 11.9 Å². The first-order valence-electron chi connectivity index (χ1n) is 13.5. The van der Waals surface area contributed by atoms with Crippen molar-refractivity contribution in [1.29, 1.82) is 0 Å². The molecule has 42 heavy (non-hydrogen) atoms. The minimum atomic E-state index is -0.446. The molecule has 1 aromatic carbocycles. The lowest BCUT2D eigenvalue weighted by Gasteiger charge is -2.36. The zero-order valence-electron chi connectivity index (χ0n) is 22.7. The van der Waals surface area contributed by atoms with Crippen molar-refractivity contribution < 1.29 is 18.3 Å². The number of carbonyl (C=O) groups is 1. The fourth-order valence-corrected chi connectivity index (χ4v) is 5.99. The number of primary amides is 1. The summed E-state index contributed by atoms with van der Waals surface area (Å²) in [5.41, 5.74) is 13.7. The molecule has 0 spiro atoms. The fourth-order valence-electron chi connectivity index (χ4n) is 5.03. The summed E-state index contributed by atoms with van der Waals surface area (Å²) in [4.78, 5) is 32.4. The number of nitrogen functional groups attached to an aromatic ring is 1. The van der Waals surface area contributed by atoms with Gasteiger partial charge >= 0.3 is 4.87 Å². The number of fused-ring (bicyclic) bond motifs is 3. The highest BCUT2D eigenvalue weighted by molar-refractivity contribution is 7.17. The number of aromatic nitrogens is 4. The Kier molecular flexibility index (Phi) is 7.78. The van der Waals surface area contributed by atoms with Crippen molar-refractivity contribution in [2.24, 2.45) is 5.73 Å². The minimum Gasteiger partial charge on any atom is -0.492 e. The van der Waals surface area contributed by atoms with Crippen LogP contribution in [0, 0.1) is 5.82 Å². The number of anilines is 2. The zero-order chi connectivity index (χ0) is 29.2. The monoisotopic (exact) mass is 595 g/mol. The number of ether oxygens (including phenoxy) is 1. The van der Waals surface area contributed by atoms with Gasteiger partial charge < -0.3 is 30.8 Å². The van der Waals surface area contributed by atoms with Gasteiger partial charge in [-0.1, -0.05) is 11.3 Å². The van der Waals surface area contributed by atoms with E-state index >= 15 is 0 Å². The Hall–Kier alpha value is -4.47. The lowest BCUT2D eigenvalue weighted by Crippen LogP contribution is -2.47. The summed E-state index contributed by atoms with van der Waals surface area (Å²) in [6, 6.07) is 10.3. The second-order valence-electron chi connectivity index (χ2n) is 9.88. The average Bonchev–Trinajstić information content (AvgIpc) is 3.72. The summed E-state index contributed by atoms with van der Waals surface area (Å²) in [5, 5.41) is 7.34. The number of hydrogen-bond acceptors (Lipinski definition) is 11. The third kappa shape index (κ3) is 5.66. The maximum Gasteiger partial charge on any atom is 0.309 e. The lowest BCUT2D eigenvalue weighted by atomic mass is 10.2. The van der Waals surface area contributed by atoms with E-state index in [-0.39, 0.29) is 29.8 Å². The molecule has 220 valence electrons. The van der Waals surface area contributed by atoms with E-state index in [9.17, 15) is 14.0 Å². The number of hydrogen-bond donors (Lipinski definition) is 3. The number of amides is 1.